The second-order valence-electron chi connectivity index (χ2n) is 9.30. The van der Waals surface area contributed by atoms with Crippen molar-refractivity contribution in [2.75, 3.05) is 6.54 Å². The second kappa shape index (κ2) is 6.38. The number of carbonyl (C=O) groups is 1. The highest BCUT2D eigenvalue weighted by Crippen LogP contribution is 2.65. The third-order valence-electron chi connectivity index (χ3n) is 7.30. The predicted molar refractivity (Wildman–Crippen MR) is 109 cm³/mol. The van der Waals surface area contributed by atoms with Crippen molar-refractivity contribution >= 4 is 17.5 Å². The van der Waals surface area contributed by atoms with E-state index in [0.29, 0.717) is 16.0 Å². The lowest BCUT2D eigenvalue weighted by Gasteiger charge is -2.62. The highest BCUT2D eigenvalue weighted by molar-refractivity contribution is 6.30. The maximum absolute atomic E-state index is 12.6. The number of nitrogens with one attached hydrogen (secondary N) is 1. The van der Waals surface area contributed by atoms with Gasteiger partial charge in [0.2, 0.25) is 0 Å². The fourth-order valence-electron chi connectivity index (χ4n) is 6.76. The highest BCUT2D eigenvalue weighted by atomic mass is 35.5. The lowest BCUT2D eigenvalue weighted by atomic mass is 9.43. The summed E-state index contributed by atoms with van der Waals surface area (Å²) in [4.78, 5) is 12.6. The molecule has 2 aromatic rings. The Kier molecular flexibility index (Phi) is 4.09. The van der Waals surface area contributed by atoms with E-state index in [1.807, 2.05) is 12.1 Å². The lowest BCUT2D eigenvalue weighted by Crippen LogP contribution is -2.57. The molecular formula is C24H26ClNO. The van der Waals surface area contributed by atoms with Crippen molar-refractivity contribution in [1.82, 2.24) is 5.32 Å². The molecule has 0 spiro atoms. The minimum absolute atomic E-state index is 0.0242. The Morgan fingerprint density at radius 3 is 2.30 bits per heavy atom. The van der Waals surface area contributed by atoms with Gasteiger partial charge < -0.3 is 5.32 Å². The van der Waals surface area contributed by atoms with Crippen molar-refractivity contribution in [2.24, 2.45) is 17.3 Å². The molecule has 0 aliphatic heterocycles. The second-order valence-corrected chi connectivity index (χ2v) is 9.73. The molecule has 4 atom stereocenters. The van der Waals surface area contributed by atoms with E-state index in [1.54, 1.807) is 12.1 Å². The summed E-state index contributed by atoms with van der Waals surface area (Å²) in [5.74, 6) is 1.66. The van der Waals surface area contributed by atoms with Gasteiger partial charge in [0.15, 0.2) is 0 Å². The van der Waals surface area contributed by atoms with Gasteiger partial charge in [0.05, 0.1) is 0 Å². The van der Waals surface area contributed by atoms with Crippen LogP contribution in [0.15, 0.2) is 54.6 Å². The zero-order chi connectivity index (χ0) is 18.5. The maximum Gasteiger partial charge on any atom is 0.251 e. The first-order valence-corrected chi connectivity index (χ1v) is 10.5. The van der Waals surface area contributed by atoms with Crippen LogP contribution >= 0.6 is 11.6 Å². The Hall–Kier alpha value is -1.80. The van der Waals surface area contributed by atoms with Crippen LogP contribution in [0.4, 0.5) is 0 Å². The molecule has 4 aliphatic rings. The number of rotatable bonds is 4. The van der Waals surface area contributed by atoms with E-state index in [4.69, 9.17) is 11.6 Å². The number of hydrogen-bond acceptors (Lipinski definition) is 1. The molecule has 2 aromatic carbocycles. The monoisotopic (exact) mass is 379 g/mol. The van der Waals surface area contributed by atoms with Crippen molar-refractivity contribution in [3.8, 4) is 0 Å². The molecule has 0 heterocycles. The van der Waals surface area contributed by atoms with Crippen LogP contribution in [0.5, 0.6) is 0 Å². The Balaban J connectivity index is 1.36. The van der Waals surface area contributed by atoms with Crippen molar-refractivity contribution in [3.05, 3.63) is 70.7 Å². The van der Waals surface area contributed by atoms with Gasteiger partial charge in [-0.3, -0.25) is 4.79 Å². The van der Waals surface area contributed by atoms with Gasteiger partial charge in [-0.05, 0) is 91.0 Å². The zero-order valence-corrected chi connectivity index (χ0v) is 16.3. The lowest BCUT2D eigenvalue weighted by molar-refractivity contribution is -0.0697. The molecular weight excluding hydrogens is 354 g/mol. The van der Waals surface area contributed by atoms with E-state index < -0.39 is 0 Å². The average Bonchev–Trinajstić information content (AvgIpc) is 2.66. The van der Waals surface area contributed by atoms with E-state index in [2.05, 4.69) is 35.6 Å². The smallest absolute Gasteiger partial charge is 0.251 e. The standard InChI is InChI=1S/C24H26ClNO/c25-21-8-6-19(7-9-21)22(27)26-16-23-11-17-10-18(12-23)14-24(13-17,15-23)20-4-2-1-3-5-20/h1-9,17-18H,10-16H2,(H,26,27)/t17-,18+,23?,24?. The minimum Gasteiger partial charge on any atom is -0.351 e. The van der Waals surface area contributed by atoms with Crippen LogP contribution in [-0.2, 0) is 5.41 Å². The first-order valence-electron chi connectivity index (χ1n) is 10.2. The van der Waals surface area contributed by atoms with Crippen LogP contribution in [-0.4, -0.2) is 12.5 Å². The number of carbonyl (C=O) groups excluding carboxylic acids is 1. The summed E-state index contributed by atoms with van der Waals surface area (Å²) in [6.07, 6.45) is 7.83. The van der Waals surface area contributed by atoms with Crippen LogP contribution in [0.1, 0.15) is 54.4 Å². The Morgan fingerprint density at radius 2 is 1.63 bits per heavy atom. The first kappa shape index (κ1) is 17.3. The Morgan fingerprint density at radius 1 is 0.963 bits per heavy atom. The molecule has 4 aliphatic carbocycles. The van der Waals surface area contributed by atoms with Crippen LogP contribution in [0.25, 0.3) is 0 Å². The third kappa shape index (κ3) is 3.08. The van der Waals surface area contributed by atoms with Crippen LogP contribution < -0.4 is 5.32 Å². The number of halogens is 1. The number of benzene rings is 2. The molecule has 4 saturated carbocycles. The van der Waals surface area contributed by atoms with Gasteiger partial charge in [0.1, 0.15) is 0 Å². The Labute approximate surface area is 166 Å². The molecule has 1 amide bonds. The van der Waals surface area contributed by atoms with Gasteiger partial charge in [-0.15, -0.1) is 0 Å². The van der Waals surface area contributed by atoms with Crippen LogP contribution in [0.3, 0.4) is 0 Å². The van der Waals surface area contributed by atoms with Crippen LogP contribution in [0.2, 0.25) is 5.02 Å². The normalized spacial score (nSPS) is 33.8. The van der Waals surface area contributed by atoms with Gasteiger partial charge in [0, 0.05) is 17.1 Å². The summed E-state index contributed by atoms with van der Waals surface area (Å²) < 4.78 is 0. The van der Waals surface area contributed by atoms with Gasteiger partial charge in [-0.1, -0.05) is 41.9 Å². The molecule has 140 valence electrons. The molecule has 0 saturated heterocycles. The summed E-state index contributed by atoms with van der Waals surface area (Å²) in [7, 11) is 0. The molecule has 0 aromatic heterocycles. The van der Waals surface area contributed by atoms with E-state index in [1.165, 1.54) is 44.1 Å². The molecule has 4 fully saturated rings. The molecule has 6 rings (SSSR count). The molecule has 1 N–H and O–H groups in total. The van der Waals surface area contributed by atoms with Crippen molar-refractivity contribution in [2.45, 2.75) is 43.9 Å². The predicted octanol–water partition coefficient (Wildman–Crippen LogP) is 5.61. The molecule has 27 heavy (non-hydrogen) atoms. The summed E-state index contributed by atoms with van der Waals surface area (Å²) in [6.45, 7) is 0.802. The topological polar surface area (TPSA) is 29.1 Å². The average molecular weight is 380 g/mol. The van der Waals surface area contributed by atoms with Gasteiger partial charge >= 0.3 is 0 Å². The van der Waals surface area contributed by atoms with Gasteiger partial charge in [0.25, 0.3) is 5.91 Å². The molecule has 2 unspecified atom stereocenters. The first-order chi connectivity index (χ1) is 13.1. The summed E-state index contributed by atoms with van der Waals surface area (Å²) in [5.41, 5.74) is 2.81. The van der Waals surface area contributed by atoms with E-state index in [9.17, 15) is 4.79 Å². The summed E-state index contributed by atoms with van der Waals surface area (Å²) in [5, 5.41) is 3.93. The summed E-state index contributed by atoms with van der Waals surface area (Å²) in [6, 6.07) is 18.3. The van der Waals surface area contributed by atoms with Gasteiger partial charge in [-0.25, -0.2) is 0 Å². The zero-order valence-electron chi connectivity index (χ0n) is 15.6. The number of hydrogen-bond donors (Lipinski definition) is 1. The van der Waals surface area contributed by atoms with Gasteiger partial charge in [-0.2, -0.15) is 0 Å². The number of amides is 1. The SMILES string of the molecule is O=C(NCC12C[C@H]3C[C@@H](C1)CC(c1ccccc1)(C3)C2)c1ccc(Cl)cc1. The summed E-state index contributed by atoms with van der Waals surface area (Å²) >= 11 is 5.95. The molecule has 0 radical (unpaired) electrons. The largest absolute Gasteiger partial charge is 0.351 e. The maximum atomic E-state index is 12.6. The van der Waals surface area contributed by atoms with Crippen LogP contribution in [0, 0.1) is 17.3 Å². The Bertz CT molecular complexity index is 830. The highest BCUT2D eigenvalue weighted by Gasteiger charge is 2.57. The fraction of sp³-hybridized carbons (Fsp3) is 0.458. The van der Waals surface area contributed by atoms with E-state index in [-0.39, 0.29) is 11.3 Å². The van der Waals surface area contributed by atoms with Crippen molar-refractivity contribution in [3.63, 3.8) is 0 Å². The van der Waals surface area contributed by atoms with E-state index in [0.717, 1.165) is 18.4 Å². The third-order valence-corrected chi connectivity index (χ3v) is 7.55. The van der Waals surface area contributed by atoms with Crippen molar-refractivity contribution in [1.29, 1.82) is 0 Å². The molecule has 2 nitrogen and oxygen atoms in total. The quantitative estimate of drug-likeness (QED) is 0.735. The fourth-order valence-corrected chi connectivity index (χ4v) is 6.89. The van der Waals surface area contributed by atoms with Crippen molar-refractivity contribution < 1.29 is 4.79 Å². The van der Waals surface area contributed by atoms with E-state index >= 15 is 0 Å². The molecule has 3 heteroatoms. The molecule has 4 bridgehead atoms. The minimum atomic E-state index is 0.0242.